The van der Waals surface area contributed by atoms with Gasteiger partial charge in [0.15, 0.2) is 0 Å². The average Bonchev–Trinajstić information content (AvgIpc) is 2.63. The molecule has 1 N–H and O–H groups in total. The molecule has 1 saturated heterocycles. The smallest absolute Gasteiger partial charge is 0.0620 e. The van der Waals surface area contributed by atoms with Crippen LogP contribution in [0.4, 0.5) is 0 Å². The summed E-state index contributed by atoms with van der Waals surface area (Å²) in [6, 6.07) is 0.645. The highest BCUT2D eigenvalue weighted by molar-refractivity contribution is 4.70. The van der Waals surface area contributed by atoms with Crippen molar-refractivity contribution >= 4 is 0 Å². The van der Waals surface area contributed by atoms with Crippen LogP contribution >= 0.6 is 0 Å². The first-order valence-electron chi connectivity index (χ1n) is 5.74. The lowest BCUT2D eigenvalue weighted by Crippen LogP contribution is -2.29. The maximum atomic E-state index is 5.29. The average molecular weight is 185 g/mol. The molecule has 1 atom stereocenters. The van der Waals surface area contributed by atoms with Crippen LogP contribution < -0.4 is 5.32 Å². The number of unbranched alkanes of at least 4 members (excludes halogenated alkanes) is 4. The van der Waals surface area contributed by atoms with Crippen LogP contribution in [0.25, 0.3) is 0 Å². The van der Waals surface area contributed by atoms with Crippen molar-refractivity contribution < 1.29 is 4.74 Å². The van der Waals surface area contributed by atoms with Crippen LogP contribution in [0, 0.1) is 0 Å². The van der Waals surface area contributed by atoms with E-state index in [4.69, 9.17) is 4.74 Å². The topological polar surface area (TPSA) is 21.3 Å². The highest BCUT2D eigenvalue weighted by atomic mass is 16.5. The molecule has 0 bridgehead atoms. The Hall–Kier alpha value is -0.0800. The van der Waals surface area contributed by atoms with E-state index >= 15 is 0 Å². The molecule has 1 aliphatic rings. The maximum Gasteiger partial charge on any atom is 0.0620 e. The van der Waals surface area contributed by atoms with Crippen molar-refractivity contribution in [2.45, 2.75) is 51.5 Å². The van der Waals surface area contributed by atoms with E-state index in [-0.39, 0.29) is 0 Å². The van der Waals surface area contributed by atoms with Gasteiger partial charge in [0.05, 0.1) is 6.61 Å². The summed E-state index contributed by atoms with van der Waals surface area (Å²) < 4.78 is 5.29. The van der Waals surface area contributed by atoms with Crippen LogP contribution in [0.5, 0.6) is 0 Å². The van der Waals surface area contributed by atoms with Crippen molar-refractivity contribution in [1.82, 2.24) is 5.32 Å². The van der Waals surface area contributed by atoms with Gasteiger partial charge in [-0.05, 0) is 19.4 Å². The SMILES string of the molecule is CCCCCCCNC1CCOC1. The van der Waals surface area contributed by atoms with E-state index in [0.29, 0.717) is 6.04 Å². The van der Waals surface area contributed by atoms with Gasteiger partial charge in [-0.1, -0.05) is 32.6 Å². The third-order valence-corrected chi connectivity index (χ3v) is 2.64. The Bertz CT molecular complexity index is 111. The normalized spacial score (nSPS) is 22.4. The van der Waals surface area contributed by atoms with Crippen molar-refractivity contribution in [3.63, 3.8) is 0 Å². The summed E-state index contributed by atoms with van der Waals surface area (Å²) in [5, 5.41) is 3.53. The molecule has 2 heteroatoms. The summed E-state index contributed by atoms with van der Waals surface area (Å²) in [5.41, 5.74) is 0. The van der Waals surface area contributed by atoms with Gasteiger partial charge in [-0.3, -0.25) is 0 Å². The van der Waals surface area contributed by atoms with Gasteiger partial charge in [-0.25, -0.2) is 0 Å². The van der Waals surface area contributed by atoms with E-state index in [1.807, 2.05) is 0 Å². The van der Waals surface area contributed by atoms with Gasteiger partial charge in [0, 0.05) is 12.6 Å². The second-order valence-electron chi connectivity index (χ2n) is 3.93. The lowest BCUT2D eigenvalue weighted by Gasteiger charge is -2.09. The van der Waals surface area contributed by atoms with E-state index in [1.165, 1.54) is 45.1 Å². The monoisotopic (exact) mass is 185 g/mol. The van der Waals surface area contributed by atoms with Crippen molar-refractivity contribution in [2.75, 3.05) is 19.8 Å². The maximum absolute atomic E-state index is 5.29. The van der Waals surface area contributed by atoms with E-state index in [9.17, 15) is 0 Å². The summed E-state index contributed by atoms with van der Waals surface area (Å²) >= 11 is 0. The second-order valence-corrected chi connectivity index (χ2v) is 3.93. The minimum absolute atomic E-state index is 0.645. The Morgan fingerprint density at radius 3 is 2.77 bits per heavy atom. The van der Waals surface area contributed by atoms with E-state index in [0.717, 1.165) is 13.2 Å². The molecule has 13 heavy (non-hydrogen) atoms. The predicted octanol–water partition coefficient (Wildman–Crippen LogP) is 2.34. The zero-order valence-corrected chi connectivity index (χ0v) is 8.85. The van der Waals surface area contributed by atoms with Crippen LogP contribution in [0.2, 0.25) is 0 Å². The quantitative estimate of drug-likeness (QED) is 0.615. The fraction of sp³-hybridized carbons (Fsp3) is 1.00. The minimum atomic E-state index is 0.645. The molecule has 1 heterocycles. The summed E-state index contributed by atoms with van der Waals surface area (Å²) in [5.74, 6) is 0. The Morgan fingerprint density at radius 1 is 1.23 bits per heavy atom. The molecule has 1 fully saturated rings. The first-order valence-corrected chi connectivity index (χ1v) is 5.74. The summed E-state index contributed by atoms with van der Waals surface area (Å²) in [4.78, 5) is 0. The molecular weight excluding hydrogens is 162 g/mol. The van der Waals surface area contributed by atoms with Gasteiger partial charge in [-0.15, -0.1) is 0 Å². The van der Waals surface area contributed by atoms with Gasteiger partial charge < -0.3 is 10.1 Å². The molecule has 0 spiro atoms. The molecule has 1 unspecified atom stereocenters. The summed E-state index contributed by atoms with van der Waals surface area (Å²) in [7, 11) is 0. The number of rotatable bonds is 7. The lowest BCUT2D eigenvalue weighted by atomic mass is 10.1. The molecule has 2 nitrogen and oxygen atoms in total. The van der Waals surface area contributed by atoms with Crippen LogP contribution in [-0.4, -0.2) is 25.8 Å². The van der Waals surface area contributed by atoms with Gasteiger partial charge in [0.1, 0.15) is 0 Å². The van der Waals surface area contributed by atoms with Crippen molar-refractivity contribution in [3.8, 4) is 0 Å². The van der Waals surface area contributed by atoms with Crippen LogP contribution in [0.15, 0.2) is 0 Å². The number of ether oxygens (including phenoxy) is 1. The van der Waals surface area contributed by atoms with E-state index < -0.39 is 0 Å². The van der Waals surface area contributed by atoms with Gasteiger partial charge in [-0.2, -0.15) is 0 Å². The molecule has 0 aromatic carbocycles. The Balaban J connectivity index is 1.78. The fourth-order valence-electron chi connectivity index (χ4n) is 1.73. The number of hydrogen-bond acceptors (Lipinski definition) is 2. The molecule has 0 amide bonds. The first kappa shape index (κ1) is 11.0. The second kappa shape index (κ2) is 7.34. The summed E-state index contributed by atoms with van der Waals surface area (Å²) in [6.07, 6.45) is 8.05. The highest BCUT2D eigenvalue weighted by Gasteiger charge is 2.13. The molecule has 1 aliphatic heterocycles. The molecule has 0 aliphatic carbocycles. The third-order valence-electron chi connectivity index (χ3n) is 2.64. The summed E-state index contributed by atoms with van der Waals surface area (Å²) in [6.45, 7) is 5.31. The zero-order valence-electron chi connectivity index (χ0n) is 8.85. The van der Waals surface area contributed by atoms with Crippen LogP contribution in [0.1, 0.15) is 45.4 Å². The number of hydrogen-bond donors (Lipinski definition) is 1. The fourth-order valence-corrected chi connectivity index (χ4v) is 1.73. The van der Waals surface area contributed by atoms with Crippen LogP contribution in [0.3, 0.4) is 0 Å². The molecule has 78 valence electrons. The standard InChI is InChI=1S/C11H23NO/c1-2-3-4-5-6-8-12-11-7-9-13-10-11/h11-12H,2-10H2,1H3. The molecule has 0 aromatic heterocycles. The largest absolute Gasteiger partial charge is 0.380 e. The van der Waals surface area contributed by atoms with Gasteiger partial charge in [0.2, 0.25) is 0 Å². The Kier molecular flexibility index (Phi) is 6.21. The van der Waals surface area contributed by atoms with Crippen LogP contribution in [-0.2, 0) is 4.74 Å². The molecule has 0 saturated carbocycles. The van der Waals surface area contributed by atoms with E-state index in [1.54, 1.807) is 0 Å². The third kappa shape index (κ3) is 5.27. The van der Waals surface area contributed by atoms with E-state index in [2.05, 4.69) is 12.2 Å². The molecule has 1 rings (SSSR count). The molecule has 0 radical (unpaired) electrons. The highest BCUT2D eigenvalue weighted by Crippen LogP contribution is 2.05. The lowest BCUT2D eigenvalue weighted by molar-refractivity contribution is 0.190. The number of nitrogens with one attached hydrogen (secondary N) is 1. The minimum Gasteiger partial charge on any atom is -0.380 e. The zero-order chi connectivity index (χ0) is 9.36. The first-order chi connectivity index (χ1) is 6.43. The van der Waals surface area contributed by atoms with Gasteiger partial charge >= 0.3 is 0 Å². The van der Waals surface area contributed by atoms with Crippen molar-refractivity contribution in [1.29, 1.82) is 0 Å². The molecule has 0 aromatic rings. The Morgan fingerprint density at radius 2 is 2.08 bits per heavy atom. The van der Waals surface area contributed by atoms with Crippen molar-refractivity contribution in [2.24, 2.45) is 0 Å². The Labute approximate surface area is 82.0 Å². The van der Waals surface area contributed by atoms with Gasteiger partial charge in [0.25, 0.3) is 0 Å². The predicted molar refractivity (Wildman–Crippen MR) is 56.0 cm³/mol. The molecular formula is C11H23NO. The van der Waals surface area contributed by atoms with Crippen molar-refractivity contribution in [3.05, 3.63) is 0 Å².